The van der Waals surface area contributed by atoms with Crippen molar-refractivity contribution in [1.29, 1.82) is 0 Å². The first-order chi connectivity index (χ1) is 16.8. The third kappa shape index (κ3) is 5.97. The molecule has 0 N–H and O–H groups in total. The van der Waals surface area contributed by atoms with Crippen LogP contribution >= 0.6 is 55.1 Å². The Morgan fingerprint density at radius 1 is 1.09 bits per heavy atom. The second kappa shape index (κ2) is 11.2. The van der Waals surface area contributed by atoms with Crippen LogP contribution in [0.5, 0.6) is 5.75 Å². The molecule has 0 fully saturated rings. The monoisotopic (exact) mass is 635 g/mol. The summed E-state index contributed by atoms with van der Waals surface area (Å²) < 4.78 is 8.94. The van der Waals surface area contributed by atoms with Crippen LogP contribution in [0.25, 0.3) is 10.9 Å². The topological polar surface area (TPSA) is 56.5 Å². The van der Waals surface area contributed by atoms with Crippen molar-refractivity contribution in [2.24, 2.45) is 5.10 Å². The number of halogens is 4. The van der Waals surface area contributed by atoms with Crippen LogP contribution in [0.3, 0.4) is 0 Å². The third-order valence-corrected chi connectivity index (χ3v) is 7.08. The molecule has 0 bridgehead atoms. The highest BCUT2D eigenvalue weighted by Crippen LogP contribution is 2.33. The van der Waals surface area contributed by atoms with Gasteiger partial charge in [-0.05, 0) is 70.4 Å². The average molecular weight is 638 g/mol. The van der Waals surface area contributed by atoms with E-state index in [2.05, 4.69) is 37.0 Å². The SMILES string of the molecule is CC[C@H](C)c1nc2ccc(Br)cc2c(=O)n1N=Cc1cc(Cl)cc(Br)c1OCc1ccc(Cl)cc1. The lowest BCUT2D eigenvalue weighted by atomic mass is 10.1. The van der Waals surface area contributed by atoms with E-state index in [9.17, 15) is 4.79 Å². The van der Waals surface area contributed by atoms with Crippen LogP contribution in [0.2, 0.25) is 10.0 Å². The van der Waals surface area contributed by atoms with Crippen LogP contribution < -0.4 is 10.3 Å². The maximum Gasteiger partial charge on any atom is 0.282 e. The molecule has 0 saturated heterocycles. The van der Waals surface area contributed by atoms with Crippen molar-refractivity contribution in [2.75, 3.05) is 0 Å². The van der Waals surface area contributed by atoms with Crippen LogP contribution in [0.4, 0.5) is 0 Å². The van der Waals surface area contributed by atoms with Gasteiger partial charge < -0.3 is 4.74 Å². The Bertz CT molecular complexity index is 1470. The van der Waals surface area contributed by atoms with E-state index in [1.807, 2.05) is 50.2 Å². The fraction of sp³-hybridized carbons (Fsp3) is 0.192. The fourth-order valence-electron chi connectivity index (χ4n) is 3.46. The van der Waals surface area contributed by atoms with Crippen molar-refractivity contribution in [3.05, 3.63) is 101 Å². The van der Waals surface area contributed by atoms with E-state index in [4.69, 9.17) is 32.9 Å². The molecule has 0 spiro atoms. The van der Waals surface area contributed by atoms with Gasteiger partial charge in [-0.15, -0.1) is 0 Å². The van der Waals surface area contributed by atoms with Gasteiger partial charge in [-0.1, -0.05) is 65.1 Å². The highest BCUT2D eigenvalue weighted by molar-refractivity contribution is 9.10. The number of hydrogen-bond donors (Lipinski definition) is 0. The summed E-state index contributed by atoms with van der Waals surface area (Å²) in [4.78, 5) is 18.2. The molecule has 35 heavy (non-hydrogen) atoms. The van der Waals surface area contributed by atoms with E-state index in [1.54, 1.807) is 24.4 Å². The van der Waals surface area contributed by atoms with Gasteiger partial charge in [0.2, 0.25) is 0 Å². The molecule has 0 unspecified atom stereocenters. The van der Waals surface area contributed by atoms with Crippen molar-refractivity contribution in [1.82, 2.24) is 9.66 Å². The van der Waals surface area contributed by atoms with Crippen molar-refractivity contribution in [2.45, 2.75) is 32.8 Å². The lowest BCUT2D eigenvalue weighted by Gasteiger charge is -2.15. The molecule has 1 heterocycles. The van der Waals surface area contributed by atoms with Crippen molar-refractivity contribution >= 4 is 72.2 Å². The predicted molar refractivity (Wildman–Crippen MR) is 150 cm³/mol. The number of aromatic nitrogens is 2. The van der Waals surface area contributed by atoms with E-state index in [0.717, 1.165) is 16.5 Å². The first kappa shape index (κ1) is 25.9. The molecule has 0 aliphatic rings. The van der Waals surface area contributed by atoms with Crippen LogP contribution in [0.1, 0.15) is 43.1 Å². The second-order valence-corrected chi connectivity index (χ2v) is 10.7. The summed E-state index contributed by atoms with van der Waals surface area (Å²) >= 11 is 19.3. The summed E-state index contributed by atoms with van der Waals surface area (Å²) in [5.74, 6) is 1.18. The zero-order valence-electron chi connectivity index (χ0n) is 18.9. The molecule has 0 saturated carbocycles. The summed E-state index contributed by atoms with van der Waals surface area (Å²) in [6.45, 7) is 4.39. The Hall–Kier alpha value is -2.19. The van der Waals surface area contributed by atoms with Crippen LogP contribution in [0.15, 0.2) is 73.4 Å². The Morgan fingerprint density at radius 2 is 1.83 bits per heavy atom. The van der Waals surface area contributed by atoms with Crippen LogP contribution in [-0.4, -0.2) is 15.9 Å². The minimum absolute atomic E-state index is 0.0274. The molecular formula is C26H21Br2Cl2N3O2. The van der Waals surface area contributed by atoms with Gasteiger partial charge in [0.1, 0.15) is 18.2 Å². The normalized spacial score (nSPS) is 12.4. The second-order valence-electron chi connectivity index (χ2n) is 8.02. The Kier molecular flexibility index (Phi) is 8.32. The van der Waals surface area contributed by atoms with Gasteiger partial charge in [0.15, 0.2) is 0 Å². The van der Waals surface area contributed by atoms with Gasteiger partial charge in [-0.2, -0.15) is 9.78 Å². The molecule has 0 aliphatic heterocycles. The quantitative estimate of drug-likeness (QED) is 0.192. The van der Waals surface area contributed by atoms with Gasteiger partial charge in [-0.25, -0.2) is 4.98 Å². The number of rotatable bonds is 7. The molecular weight excluding hydrogens is 617 g/mol. The number of hydrogen-bond acceptors (Lipinski definition) is 4. The number of fused-ring (bicyclic) bond motifs is 1. The lowest BCUT2D eigenvalue weighted by Crippen LogP contribution is -2.23. The Morgan fingerprint density at radius 3 is 2.54 bits per heavy atom. The summed E-state index contributed by atoms with van der Waals surface area (Å²) in [6.07, 6.45) is 2.38. The molecule has 1 atom stereocenters. The molecule has 5 nitrogen and oxygen atoms in total. The van der Waals surface area contributed by atoms with Gasteiger partial charge in [0, 0.05) is 26.0 Å². The molecule has 0 radical (unpaired) electrons. The molecule has 0 amide bonds. The fourth-order valence-corrected chi connectivity index (χ4v) is 4.90. The van der Waals surface area contributed by atoms with E-state index in [1.165, 1.54) is 4.68 Å². The predicted octanol–water partition coefficient (Wildman–Crippen LogP) is 8.20. The van der Waals surface area contributed by atoms with Gasteiger partial charge in [0.25, 0.3) is 5.56 Å². The Balaban J connectivity index is 1.77. The highest BCUT2D eigenvalue weighted by Gasteiger charge is 2.16. The van der Waals surface area contributed by atoms with Gasteiger partial charge >= 0.3 is 0 Å². The average Bonchev–Trinajstić information content (AvgIpc) is 2.83. The smallest absolute Gasteiger partial charge is 0.282 e. The zero-order valence-corrected chi connectivity index (χ0v) is 23.6. The lowest BCUT2D eigenvalue weighted by molar-refractivity contribution is 0.304. The van der Waals surface area contributed by atoms with Crippen LogP contribution in [-0.2, 0) is 6.61 Å². The third-order valence-electron chi connectivity index (χ3n) is 5.53. The number of benzene rings is 3. The molecule has 4 rings (SSSR count). The summed E-state index contributed by atoms with van der Waals surface area (Å²) in [5.41, 5.74) is 1.97. The molecule has 0 aliphatic carbocycles. The van der Waals surface area contributed by atoms with Gasteiger partial charge in [0.05, 0.1) is 21.6 Å². The van der Waals surface area contributed by atoms with E-state index >= 15 is 0 Å². The standard InChI is InChI=1S/C26H21Br2Cl2N3O2/c1-3-15(2)25-32-23-9-6-18(27)11-21(23)26(34)33(25)31-13-17-10-20(30)12-22(28)24(17)35-14-16-4-7-19(29)8-5-16/h4-13,15H,3,14H2,1-2H3/t15-/m0/s1. The number of ether oxygens (including phenoxy) is 1. The number of nitrogens with zero attached hydrogens (tertiary/aromatic N) is 3. The highest BCUT2D eigenvalue weighted by atomic mass is 79.9. The maximum absolute atomic E-state index is 13.4. The maximum atomic E-state index is 13.4. The van der Waals surface area contributed by atoms with Crippen molar-refractivity contribution in [3.63, 3.8) is 0 Å². The minimum atomic E-state index is -0.243. The molecule has 180 valence electrons. The van der Waals surface area contributed by atoms with E-state index < -0.39 is 0 Å². The van der Waals surface area contributed by atoms with Crippen LogP contribution in [0, 0.1) is 0 Å². The molecule has 1 aromatic heterocycles. The Labute approximate surface area is 230 Å². The summed E-state index contributed by atoms with van der Waals surface area (Å²) in [5, 5.41) is 6.21. The van der Waals surface area contributed by atoms with Crippen molar-refractivity contribution in [3.8, 4) is 5.75 Å². The molecule has 9 heteroatoms. The first-order valence-corrected chi connectivity index (χ1v) is 13.2. The molecule has 3 aromatic carbocycles. The first-order valence-electron chi connectivity index (χ1n) is 10.9. The largest absolute Gasteiger partial charge is 0.487 e. The summed E-state index contributed by atoms with van der Waals surface area (Å²) in [7, 11) is 0. The zero-order chi connectivity index (χ0) is 25.1. The van der Waals surface area contributed by atoms with E-state index in [-0.39, 0.29) is 11.5 Å². The minimum Gasteiger partial charge on any atom is -0.487 e. The van der Waals surface area contributed by atoms with Crippen molar-refractivity contribution < 1.29 is 4.74 Å². The summed E-state index contributed by atoms with van der Waals surface area (Å²) in [6, 6.07) is 16.4. The van der Waals surface area contributed by atoms with Gasteiger partial charge in [-0.3, -0.25) is 4.79 Å². The molecule has 4 aromatic rings. The van der Waals surface area contributed by atoms with E-state index in [0.29, 0.717) is 49.2 Å².